The quantitative estimate of drug-likeness (QED) is 0.679. The van der Waals surface area contributed by atoms with Crippen molar-refractivity contribution in [3.05, 3.63) is 34.5 Å². The number of hydrogen-bond acceptors (Lipinski definition) is 6. The SMILES string of the molecule is C[C@@H](Sc1ccc2nnnn2n1)c1cccs1. The molecular formula is C10H9N5S2. The van der Waals surface area contributed by atoms with Gasteiger partial charge in [0.2, 0.25) is 0 Å². The smallest absolute Gasteiger partial charge is 0.148 e. The van der Waals surface area contributed by atoms with Crippen LogP contribution in [-0.2, 0) is 0 Å². The molecule has 7 heteroatoms. The Morgan fingerprint density at radius 3 is 3.12 bits per heavy atom. The van der Waals surface area contributed by atoms with Crippen LogP contribution in [0.1, 0.15) is 17.1 Å². The van der Waals surface area contributed by atoms with Crippen molar-refractivity contribution in [3.63, 3.8) is 0 Å². The predicted octanol–water partition coefficient (Wildman–Crippen LogP) is 2.43. The van der Waals surface area contributed by atoms with Gasteiger partial charge in [-0.05, 0) is 40.9 Å². The van der Waals surface area contributed by atoms with Gasteiger partial charge in [-0.1, -0.05) is 17.8 Å². The minimum absolute atomic E-state index is 0.386. The van der Waals surface area contributed by atoms with E-state index in [0.717, 1.165) is 5.03 Å². The summed E-state index contributed by atoms with van der Waals surface area (Å²) in [5.74, 6) is 0. The molecule has 3 rings (SSSR count). The molecule has 3 aromatic rings. The third-order valence-corrected chi connectivity index (χ3v) is 4.56. The van der Waals surface area contributed by atoms with Crippen molar-refractivity contribution in [2.45, 2.75) is 17.2 Å². The number of nitrogens with zero attached hydrogens (tertiary/aromatic N) is 5. The minimum atomic E-state index is 0.386. The standard InChI is InChI=1S/C10H9N5S2/c1-7(8-3-2-6-16-8)17-10-5-4-9-11-13-14-15(9)12-10/h2-7H,1H3/t7-/m1/s1. The van der Waals surface area contributed by atoms with Gasteiger partial charge in [0, 0.05) is 10.1 Å². The molecule has 0 unspecified atom stereocenters. The van der Waals surface area contributed by atoms with Gasteiger partial charge in [0.25, 0.3) is 0 Å². The van der Waals surface area contributed by atoms with Crippen LogP contribution in [0.4, 0.5) is 0 Å². The van der Waals surface area contributed by atoms with Crippen LogP contribution in [0.5, 0.6) is 0 Å². The third kappa shape index (κ3) is 2.16. The van der Waals surface area contributed by atoms with Gasteiger partial charge < -0.3 is 0 Å². The number of thioether (sulfide) groups is 1. The molecule has 86 valence electrons. The van der Waals surface area contributed by atoms with E-state index in [-0.39, 0.29) is 0 Å². The van der Waals surface area contributed by atoms with Crippen molar-refractivity contribution >= 4 is 28.7 Å². The fourth-order valence-corrected chi connectivity index (χ4v) is 3.26. The van der Waals surface area contributed by atoms with E-state index in [4.69, 9.17) is 0 Å². The average Bonchev–Trinajstić information content (AvgIpc) is 2.99. The minimum Gasteiger partial charge on any atom is -0.148 e. The molecule has 0 bridgehead atoms. The van der Waals surface area contributed by atoms with Crippen LogP contribution in [0.3, 0.4) is 0 Å². The lowest BCUT2D eigenvalue weighted by molar-refractivity contribution is 0.702. The van der Waals surface area contributed by atoms with Gasteiger partial charge in [-0.3, -0.25) is 0 Å². The maximum Gasteiger partial charge on any atom is 0.200 e. The normalized spacial score (nSPS) is 13.0. The van der Waals surface area contributed by atoms with Crippen LogP contribution >= 0.6 is 23.1 Å². The highest BCUT2D eigenvalue weighted by Gasteiger charge is 2.10. The van der Waals surface area contributed by atoms with Gasteiger partial charge in [0.05, 0.1) is 0 Å². The van der Waals surface area contributed by atoms with Crippen molar-refractivity contribution in [1.29, 1.82) is 0 Å². The molecule has 3 aromatic heterocycles. The first-order chi connectivity index (χ1) is 8.33. The fourth-order valence-electron chi connectivity index (χ4n) is 1.46. The lowest BCUT2D eigenvalue weighted by Gasteiger charge is -2.07. The highest BCUT2D eigenvalue weighted by atomic mass is 32.2. The van der Waals surface area contributed by atoms with Gasteiger partial charge in [-0.25, -0.2) is 0 Å². The second-order valence-corrected chi connectivity index (χ2v) is 5.81. The summed E-state index contributed by atoms with van der Waals surface area (Å²) in [6, 6.07) is 8.02. The second-order valence-electron chi connectivity index (χ2n) is 3.47. The van der Waals surface area contributed by atoms with Crippen LogP contribution in [0.25, 0.3) is 5.65 Å². The summed E-state index contributed by atoms with van der Waals surface area (Å²) in [5.41, 5.74) is 0.665. The zero-order valence-corrected chi connectivity index (χ0v) is 10.6. The Morgan fingerprint density at radius 1 is 1.35 bits per heavy atom. The molecule has 0 aliphatic carbocycles. The van der Waals surface area contributed by atoms with E-state index in [1.807, 2.05) is 12.1 Å². The van der Waals surface area contributed by atoms with Gasteiger partial charge in [-0.15, -0.1) is 26.2 Å². The van der Waals surface area contributed by atoms with Crippen LogP contribution in [-0.4, -0.2) is 25.3 Å². The molecule has 1 atom stereocenters. The van der Waals surface area contributed by atoms with Crippen molar-refractivity contribution < 1.29 is 0 Å². The highest BCUT2D eigenvalue weighted by Crippen LogP contribution is 2.35. The van der Waals surface area contributed by atoms with Crippen LogP contribution < -0.4 is 0 Å². The Morgan fingerprint density at radius 2 is 2.29 bits per heavy atom. The van der Waals surface area contributed by atoms with Gasteiger partial charge in [-0.2, -0.15) is 0 Å². The Bertz CT molecular complexity index is 618. The number of rotatable bonds is 3. The second kappa shape index (κ2) is 4.42. The maximum absolute atomic E-state index is 4.33. The Hall–Kier alpha value is -1.47. The lowest BCUT2D eigenvalue weighted by Crippen LogP contribution is -1.96. The molecule has 0 radical (unpaired) electrons. The molecule has 0 saturated carbocycles. The summed E-state index contributed by atoms with van der Waals surface area (Å²) in [5, 5.41) is 18.9. The molecule has 0 aliphatic heterocycles. The summed E-state index contributed by atoms with van der Waals surface area (Å²) in [6.45, 7) is 2.17. The first-order valence-corrected chi connectivity index (χ1v) is 6.84. The van der Waals surface area contributed by atoms with E-state index in [1.54, 1.807) is 23.1 Å². The van der Waals surface area contributed by atoms with Crippen molar-refractivity contribution in [2.24, 2.45) is 0 Å². The zero-order chi connectivity index (χ0) is 11.7. The van der Waals surface area contributed by atoms with Crippen LogP contribution in [0, 0.1) is 0 Å². The summed E-state index contributed by atoms with van der Waals surface area (Å²) >= 11 is 3.46. The van der Waals surface area contributed by atoms with E-state index in [2.05, 4.69) is 45.1 Å². The summed E-state index contributed by atoms with van der Waals surface area (Å²) in [4.78, 5) is 1.34. The zero-order valence-electron chi connectivity index (χ0n) is 9.02. The van der Waals surface area contributed by atoms with E-state index >= 15 is 0 Å². The molecule has 0 N–H and O–H groups in total. The maximum atomic E-state index is 4.33. The van der Waals surface area contributed by atoms with E-state index in [9.17, 15) is 0 Å². The molecule has 0 amide bonds. The highest BCUT2D eigenvalue weighted by molar-refractivity contribution is 7.99. The Balaban J connectivity index is 1.84. The number of hydrogen-bond donors (Lipinski definition) is 0. The number of tetrazole rings is 1. The molecule has 0 spiro atoms. The van der Waals surface area contributed by atoms with Gasteiger partial charge in [0.1, 0.15) is 5.03 Å². The number of thiophene rings is 1. The molecule has 17 heavy (non-hydrogen) atoms. The topological polar surface area (TPSA) is 56.0 Å². The first-order valence-electron chi connectivity index (χ1n) is 5.08. The predicted molar refractivity (Wildman–Crippen MR) is 67.2 cm³/mol. The van der Waals surface area contributed by atoms with E-state index in [1.165, 1.54) is 9.51 Å². The van der Waals surface area contributed by atoms with Crippen molar-refractivity contribution in [2.75, 3.05) is 0 Å². The Labute approximate surface area is 106 Å². The summed E-state index contributed by atoms with van der Waals surface area (Å²) in [7, 11) is 0. The van der Waals surface area contributed by atoms with E-state index < -0.39 is 0 Å². The molecular weight excluding hydrogens is 254 g/mol. The largest absolute Gasteiger partial charge is 0.200 e. The number of fused-ring (bicyclic) bond motifs is 1. The van der Waals surface area contributed by atoms with Gasteiger partial charge >= 0.3 is 0 Å². The average molecular weight is 263 g/mol. The van der Waals surface area contributed by atoms with Crippen molar-refractivity contribution in [1.82, 2.24) is 25.3 Å². The monoisotopic (exact) mass is 263 g/mol. The molecule has 5 nitrogen and oxygen atoms in total. The number of aromatic nitrogens is 5. The summed E-state index contributed by atoms with van der Waals surface area (Å²) in [6.07, 6.45) is 0. The summed E-state index contributed by atoms with van der Waals surface area (Å²) < 4.78 is 1.45. The van der Waals surface area contributed by atoms with Crippen LogP contribution in [0.2, 0.25) is 0 Å². The van der Waals surface area contributed by atoms with E-state index in [0.29, 0.717) is 10.9 Å². The Kier molecular flexibility index (Phi) is 2.77. The fraction of sp³-hybridized carbons (Fsp3) is 0.200. The molecule has 0 saturated heterocycles. The lowest BCUT2D eigenvalue weighted by atomic mass is 10.4. The van der Waals surface area contributed by atoms with Crippen molar-refractivity contribution in [3.8, 4) is 0 Å². The molecule has 0 fully saturated rings. The molecule has 0 aromatic carbocycles. The van der Waals surface area contributed by atoms with Crippen LogP contribution in [0.15, 0.2) is 34.7 Å². The van der Waals surface area contributed by atoms with Gasteiger partial charge in [0.15, 0.2) is 5.65 Å². The molecule has 3 heterocycles. The molecule has 0 aliphatic rings. The first kappa shape index (κ1) is 10.7. The third-order valence-electron chi connectivity index (χ3n) is 2.29.